The lowest BCUT2D eigenvalue weighted by molar-refractivity contribution is -0.136. The molecule has 0 saturated carbocycles. The molecule has 0 aromatic heterocycles. The van der Waals surface area contributed by atoms with Crippen LogP contribution in [0.3, 0.4) is 0 Å². The van der Waals surface area contributed by atoms with Crippen molar-refractivity contribution in [3.05, 3.63) is 95.1 Å². The number of carbonyl (C=O) groups excluding carboxylic acids is 1. The van der Waals surface area contributed by atoms with Gasteiger partial charge in [0.1, 0.15) is 12.4 Å². The first kappa shape index (κ1) is 25.3. The lowest BCUT2D eigenvalue weighted by Gasteiger charge is -2.37. The molecule has 2 aliphatic heterocycles. The predicted octanol–water partition coefficient (Wildman–Crippen LogP) is 4.16. The molecule has 7 heteroatoms. The largest absolute Gasteiger partial charge is 0.497 e. The number of methoxy groups -OCH3 is 1. The number of carbonyl (C=O) groups is 1. The molecule has 7 nitrogen and oxygen atoms in total. The summed E-state index contributed by atoms with van der Waals surface area (Å²) >= 11 is 0. The summed E-state index contributed by atoms with van der Waals surface area (Å²) in [6, 6.07) is 24.1. The number of rotatable bonds is 9. The van der Waals surface area contributed by atoms with Crippen LogP contribution >= 0.6 is 0 Å². The highest BCUT2D eigenvalue weighted by Crippen LogP contribution is 2.22. The SMILES string of the molecule is COc1ccc(N2CCN(CCN(OCc3ccccc3)C(=O)c3ccc4c(c3)CCOC4)CC2)cc1. The van der Waals surface area contributed by atoms with Gasteiger partial charge in [-0.25, -0.2) is 5.06 Å². The summed E-state index contributed by atoms with van der Waals surface area (Å²) in [6.07, 6.45) is 0.833. The molecule has 3 aromatic carbocycles. The molecule has 0 spiro atoms. The van der Waals surface area contributed by atoms with Crippen molar-refractivity contribution in [1.82, 2.24) is 9.96 Å². The smallest absolute Gasteiger partial charge is 0.277 e. The maximum absolute atomic E-state index is 13.5. The van der Waals surface area contributed by atoms with Crippen molar-refractivity contribution >= 4 is 11.6 Å². The van der Waals surface area contributed by atoms with Crippen molar-refractivity contribution in [2.24, 2.45) is 0 Å². The predicted molar refractivity (Wildman–Crippen MR) is 144 cm³/mol. The summed E-state index contributed by atoms with van der Waals surface area (Å²) < 4.78 is 10.8. The Morgan fingerprint density at radius 2 is 1.73 bits per heavy atom. The lowest BCUT2D eigenvalue weighted by atomic mass is 10.00. The number of hydrogen-bond donors (Lipinski definition) is 0. The Morgan fingerprint density at radius 3 is 2.49 bits per heavy atom. The molecule has 1 amide bonds. The fourth-order valence-corrected chi connectivity index (χ4v) is 4.85. The highest BCUT2D eigenvalue weighted by atomic mass is 16.7. The van der Waals surface area contributed by atoms with Crippen LogP contribution in [0.4, 0.5) is 5.69 Å². The van der Waals surface area contributed by atoms with E-state index < -0.39 is 0 Å². The van der Waals surface area contributed by atoms with Gasteiger partial charge in [0, 0.05) is 44.0 Å². The molecule has 5 rings (SSSR count). The Hall–Kier alpha value is -3.39. The van der Waals surface area contributed by atoms with E-state index in [1.54, 1.807) is 12.2 Å². The average Bonchev–Trinajstić information content (AvgIpc) is 2.97. The molecular formula is C30H35N3O4. The van der Waals surface area contributed by atoms with E-state index in [2.05, 4.69) is 21.9 Å². The maximum Gasteiger partial charge on any atom is 0.277 e. The summed E-state index contributed by atoms with van der Waals surface area (Å²) in [5.74, 6) is 0.775. The molecule has 0 radical (unpaired) electrons. The highest BCUT2D eigenvalue weighted by Gasteiger charge is 2.22. The number of hydroxylamine groups is 2. The number of benzene rings is 3. The van der Waals surface area contributed by atoms with Crippen LogP contribution in [0.5, 0.6) is 5.75 Å². The van der Waals surface area contributed by atoms with E-state index in [-0.39, 0.29) is 5.91 Å². The van der Waals surface area contributed by atoms with Crippen LogP contribution in [-0.2, 0) is 29.2 Å². The van der Waals surface area contributed by atoms with Crippen molar-refractivity contribution in [3.8, 4) is 5.75 Å². The van der Waals surface area contributed by atoms with E-state index in [1.165, 1.54) is 11.3 Å². The van der Waals surface area contributed by atoms with E-state index in [0.29, 0.717) is 31.9 Å². The Bertz CT molecular complexity index is 1160. The van der Waals surface area contributed by atoms with E-state index in [1.807, 2.05) is 60.7 Å². The number of hydrogen-bond acceptors (Lipinski definition) is 6. The number of fused-ring (bicyclic) bond motifs is 1. The number of amides is 1. The van der Waals surface area contributed by atoms with Crippen molar-refractivity contribution in [2.75, 3.05) is 57.9 Å². The van der Waals surface area contributed by atoms with Crippen LogP contribution in [0.1, 0.15) is 27.0 Å². The van der Waals surface area contributed by atoms with E-state index >= 15 is 0 Å². The summed E-state index contributed by atoms with van der Waals surface area (Å²) in [5, 5.41) is 1.55. The third kappa shape index (κ3) is 6.49. The molecule has 37 heavy (non-hydrogen) atoms. The molecule has 2 heterocycles. The molecule has 194 valence electrons. The molecule has 3 aromatic rings. The minimum absolute atomic E-state index is 0.0953. The normalized spacial score (nSPS) is 15.8. The van der Waals surface area contributed by atoms with Crippen molar-refractivity contribution in [3.63, 3.8) is 0 Å². The van der Waals surface area contributed by atoms with Gasteiger partial charge in [0.25, 0.3) is 5.91 Å². The van der Waals surface area contributed by atoms with Crippen LogP contribution in [0.2, 0.25) is 0 Å². The van der Waals surface area contributed by atoms with Crippen LogP contribution in [0.25, 0.3) is 0 Å². The third-order valence-electron chi connectivity index (χ3n) is 7.11. The molecule has 0 unspecified atom stereocenters. The fraction of sp³-hybridized carbons (Fsp3) is 0.367. The van der Waals surface area contributed by atoms with Crippen molar-refractivity contribution in [1.29, 1.82) is 0 Å². The zero-order valence-corrected chi connectivity index (χ0v) is 21.5. The minimum atomic E-state index is -0.0953. The quantitative estimate of drug-likeness (QED) is 0.411. The van der Waals surface area contributed by atoms with E-state index in [0.717, 1.165) is 56.0 Å². The maximum atomic E-state index is 13.5. The molecule has 1 saturated heterocycles. The molecule has 2 aliphatic rings. The second kappa shape index (κ2) is 12.2. The lowest BCUT2D eigenvalue weighted by Crippen LogP contribution is -2.49. The first-order valence-electron chi connectivity index (χ1n) is 13.0. The van der Waals surface area contributed by atoms with E-state index in [9.17, 15) is 4.79 Å². The molecule has 1 fully saturated rings. The highest BCUT2D eigenvalue weighted by molar-refractivity contribution is 5.93. The summed E-state index contributed by atoms with van der Waals surface area (Å²) in [7, 11) is 1.69. The Balaban J connectivity index is 1.21. The minimum Gasteiger partial charge on any atom is -0.497 e. The molecular weight excluding hydrogens is 466 g/mol. The molecule has 0 bridgehead atoms. The Labute approximate surface area is 219 Å². The van der Waals surface area contributed by atoms with Gasteiger partial charge in [-0.3, -0.25) is 14.5 Å². The Morgan fingerprint density at radius 1 is 0.946 bits per heavy atom. The van der Waals surface area contributed by atoms with E-state index in [4.69, 9.17) is 14.3 Å². The summed E-state index contributed by atoms with van der Waals surface area (Å²) in [4.78, 5) is 24.4. The third-order valence-corrected chi connectivity index (χ3v) is 7.11. The van der Waals surface area contributed by atoms with Gasteiger partial charge in [-0.2, -0.15) is 0 Å². The topological polar surface area (TPSA) is 54.5 Å². The number of piperazine rings is 1. The second-order valence-electron chi connectivity index (χ2n) is 9.48. The second-order valence-corrected chi connectivity index (χ2v) is 9.48. The number of anilines is 1. The fourth-order valence-electron chi connectivity index (χ4n) is 4.85. The van der Waals surface area contributed by atoms with Gasteiger partial charge in [0.15, 0.2) is 0 Å². The molecule has 0 aliphatic carbocycles. The van der Waals surface area contributed by atoms with Gasteiger partial charge >= 0.3 is 0 Å². The first-order valence-corrected chi connectivity index (χ1v) is 13.0. The van der Waals surface area contributed by atoms with Gasteiger partial charge in [-0.1, -0.05) is 36.4 Å². The molecule has 0 atom stereocenters. The van der Waals surface area contributed by atoms with Gasteiger partial charge in [0.05, 0.1) is 26.9 Å². The van der Waals surface area contributed by atoms with Crippen LogP contribution in [-0.4, -0.2) is 68.9 Å². The summed E-state index contributed by atoms with van der Waals surface area (Å²) in [5.41, 5.74) is 5.26. The van der Waals surface area contributed by atoms with Gasteiger partial charge in [-0.05, 0) is 59.5 Å². The van der Waals surface area contributed by atoms with Gasteiger partial charge in [-0.15, -0.1) is 0 Å². The van der Waals surface area contributed by atoms with Crippen LogP contribution in [0, 0.1) is 0 Å². The Kier molecular flexibility index (Phi) is 8.35. The zero-order valence-electron chi connectivity index (χ0n) is 21.5. The first-order chi connectivity index (χ1) is 18.2. The van der Waals surface area contributed by atoms with Crippen LogP contribution in [0.15, 0.2) is 72.8 Å². The standard InChI is InChI=1S/C30H35N3O4/c1-35-29-11-9-28(10-12-29)32-17-14-31(15-18-32)16-19-33(37-22-24-5-3-2-4-6-24)30(34)26-7-8-27-23-36-20-13-25(27)21-26/h2-12,21H,13-20,22-23H2,1H3. The number of nitrogens with zero attached hydrogens (tertiary/aromatic N) is 3. The zero-order chi connectivity index (χ0) is 25.5. The average molecular weight is 502 g/mol. The molecule has 0 N–H and O–H groups in total. The summed E-state index contributed by atoms with van der Waals surface area (Å²) in [6.45, 7) is 6.69. The van der Waals surface area contributed by atoms with Gasteiger partial charge in [0.2, 0.25) is 0 Å². The van der Waals surface area contributed by atoms with Gasteiger partial charge < -0.3 is 14.4 Å². The van der Waals surface area contributed by atoms with Crippen LogP contribution < -0.4 is 9.64 Å². The monoisotopic (exact) mass is 501 g/mol. The number of ether oxygens (including phenoxy) is 2. The van der Waals surface area contributed by atoms with Crippen molar-refractivity contribution < 1.29 is 19.1 Å². The van der Waals surface area contributed by atoms with Crippen molar-refractivity contribution in [2.45, 2.75) is 19.6 Å².